The maximum atomic E-state index is 13.4. The molecule has 0 bridgehead atoms. The first-order valence-electron chi connectivity index (χ1n) is 5.90. The molecule has 0 fully saturated rings. The van der Waals surface area contributed by atoms with Gasteiger partial charge >= 0.3 is 6.18 Å². The predicted molar refractivity (Wildman–Crippen MR) is 66.6 cm³/mol. The Morgan fingerprint density at radius 3 is 2.00 bits per heavy atom. The molecule has 2 rings (SSSR count). The van der Waals surface area contributed by atoms with Crippen LogP contribution in [0.1, 0.15) is 28.4 Å². The first-order valence-corrected chi connectivity index (χ1v) is 5.90. The fraction of sp³-hybridized carbons (Fsp3) is 0.200. The number of hydrogen-bond donors (Lipinski definition) is 1. The lowest BCUT2D eigenvalue weighted by molar-refractivity contribution is -0.137. The molecule has 1 nitrogen and oxygen atoms in total. The minimum atomic E-state index is -4.42. The molecule has 1 atom stereocenters. The quantitative estimate of drug-likeness (QED) is 0.818. The van der Waals surface area contributed by atoms with Gasteiger partial charge in [-0.15, -0.1) is 0 Å². The topological polar surface area (TPSA) is 20.2 Å². The molecule has 0 saturated heterocycles. The molecule has 106 valence electrons. The molecule has 5 heteroatoms. The molecular formula is C15H12F4O. The van der Waals surface area contributed by atoms with Crippen LogP contribution in [0, 0.1) is 12.7 Å². The summed E-state index contributed by atoms with van der Waals surface area (Å²) in [6.07, 6.45) is -5.58. The fourth-order valence-electron chi connectivity index (χ4n) is 1.83. The van der Waals surface area contributed by atoms with E-state index in [9.17, 15) is 22.7 Å². The van der Waals surface area contributed by atoms with Gasteiger partial charge < -0.3 is 5.11 Å². The van der Waals surface area contributed by atoms with Gasteiger partial charge in [-0.2, -0.15) is 13.2 Å². The van der Waals surface area contributed by atoms with Crippen LogP contribution in [0.2, 0.25) is 0 Å². The van der Waals surface area contributed by atoms with Crippen LogP contribution in [0.15, 0.2) is 42.5 Å². The zero-order chi connectivity index (χ0) is 14.9. The lowest BCUT2D eigenvalue weighted by atomic mass is 9.99. The first kappa shape index (κ1) is 14.5. The Hall–Kier alpha value is -1.88. The van der Waals surface area contributed by atoms with Gasteiger partial charge in [-0.3, -0.25) is 0 Å². The summed E-state index contributed by atoms with van der Waals surface area (Å²) in [6.45, 7) is 1.59. The Kier molecular flexibility index (Phi) is 3.81. The third kappa shape index (κ3) is 2.99. The zero-order valence-electron chi connectivity index (χ0n) is 10.6. The smallest absolute Gasteiger partial charge is 0.384 e. The van der Waals surface area contributed by atoms with Crippen molar-refractivity contribution in [2.45, 2.75) is 19.2 Å². The zero-order valence-corrected chi connectivity index (χ0v) is 10.6. The van der Waals surface area contributed by atoms with Crippen LogP contribution < -0.4 is 0 Å². The van der Waals surface area contributed by atoms with E-state index in [-0.39, 0.29) is 5.56 Å². The van der Waals surface area contributed by atoms with Crippen LogP contribution in [0.5, 0.6) is 0 Å². The number of halogens is 4. The SMILES string of the molecule is Cc1ccc(C(O)c2ccc(C(F)(F)F)cc2)cc1F. The van der Waals surface area contributed by atoms with E-state index >= 15 is 0 Å². The van der Waals surface area contributed by atoms with Crippen LogP contribution in [-0.2, 0) is 6.18 Å². The average molecular weight is 284 g/mol. The van der Waals surface area contributed by atoms with Gasteiger partial charge in [0.15, 0.2) is 0 Å². The summed E-state index contributed by atoms with van der Waals surface area (Å²) < 4.78 is 50.7. The standard InChI is InChI=1S/C15H12F4O/c1-9-2-3-11(8-13(9)16)14(20)10-4-6-12(7-5-10)15(17,18)19/h2-8,14,20H,1H3. The summed E-state index contributed by atoms with van der Waals surface area (Å²) >= 11 is 0. The highest BCUT2D eigenvalue weighted by Crippen LogP contribution is 2.31. The molecular weight excluding hydrogens is 272 g/mol. The number of benzene rings is 2. The van der Waals surface area contributed by atoms with Gasteiger partial charge in [0.05, 0.1) is 5.56 Å². The van der Waals surface area contributed by atoms with E-state index in [2.05, 4.69) is 0 Å². The molecule has 0 amide bonds. The summed E-state index contributed by atoms with van der Waals surface area (Å²) in [5, 5.41) is 10.1. The van der Waals surface area contributed by atoms with E-state index in [0.29, 0.717) is 11.1 Å². The summed E-state index contributed by atoms with van der Waals surface area (Å²) in [5.74, 6) is -0.464. The number of rotatable bonds is 2. The number of aryl methyl sites for hydroxylation is 1. The molecule has 0 spiro atoms. The number of aliphatic hydroxyl groups is 1. The van der Waals surface area contributed by atoms with Crippen LogP contribution >= 0.6 is 0 Å². The fourth-order valence-corrected chi connectivity index (χ4v) is 1.83. The molecule has 2 aromatic rings. The molecule has 20 heavy (non-hydrogen) atoms. The van der Waals surface area contributed by atoms with Crippen LogP contribution in [0.3, 0.4) is 0 Å². The summed E-state index contributed by atoms with van der Waals surface area (Å²) in [4.78, 5) is 0. The van der Waals surface area contributed by atoms with E-state index in [1.165, 1.54) is 24.3 Å². The van der Waals surface area contributed by atoms with Crippen LogP contribution in [0.4, 0.5) is 17.6 Å². The van der Waals surface area contributed by atoms with Crippen molar-refractivity contribution in [3.8, 4) is 0 Å². The third-order valence-electron chi connectivity index (χ3n) is 3.07. The highest BCUT2D eigenvalue weighted by atomic mass is 19.4. The molecule has 1 N–H and O–H groups in total. The molecule has 1 unspecified atom stereocenters. The van der Waals surface area contributed by atoms with Crippen molar-refractivity contribution in [2.75, 3.05) is 0 Å². The first-order chi connectivity index (χ1) is 9.29. The molecule has 0 aromatic heterocycles. The highest BCUT2D eigenvalue weighted by molar-refractivity contribution is 5.34. The third-order valence-corrected chi connectivity index (χ3v) is 3.07. The second kappa shape index (κ2) is 5.25. The van der Waals surface area contributed by atoms with Gasteiger partial charge in [0.1, 0.15) is 11.9 Å². The number of aliphatic hydroxyl groups excluding tert-OH is 1. The Bertz CT molecular complexity index is 602. The minimum Gasteiger partial charge on any atom is -0.384 e. The van der Waals surface area contributed by atoms with Gasteiger partial charge in [0.2, 0.25) is 0 Å². The number of hydrogen-bond acceptors (Lipinski definition) is 1. The summed E-state index contributed by atoms with van der Waals surface area (Å²) in [5.41, 5.74) is 0.228. The molecule has 0 aliphatic carbocycles. The maximum Gasteiger partial charge on any atom is 0.416 e. The van der Waals surface area contributed by atoms with Crippen LogP contribution in [0.25, 0.3) is 0 Å². The van der Waals surface area contributed by atoms with E-state index < -0.39 is 23.7 Å². The summed E-state index contributed by atoms with van der Waals surface area (Å²) in [6, 6.07) is 8.39. The average Bonchev–Trinajstić information content (AvgIpc) is 2.40. The predicted octanol–water partition coefficient (Wildman–Crippen LogP) is 4.23. The van der Waals surface area contributed by atoms with Gasteiger partial charge in [-0.25, -0.2) is 4.39 Å². The largest absolute Gasteiger partial charge is 0.416 e. The van der Waals surface area contributed by atoms with Crippen molar-refractivity contribution in [1.29, 1.82) is 0 Å². The van der Waals surface area contributed by atoms with E-state index in [1.54, 1.807) is 13.0 Å². The Morgan fingerprint density at radius 1 is 0.950 bits per heavy atom. The monoisotopic (exact) mass is 284 g/mol. The molecule has 0 aliphatic rings. The molecule has 0 aliphatic heterocycles. The van der Waals surface area contributed by atoms with E-state index in [1.807, 2.05) is 0 Å². The molecule has 0 radical (unpaired) electrons. The highest BCUT2D eigenvalue weighted by Gasteiger charge is 2.30. The van der Waals surface area contributed by atoms with E-state index in [4.69, 9.17) is 0 Å². The molecule has 2 aromatic carbocycles. The molecule has 0 heterocycles. The lowest BCUT2D eigenvalue weighted by Crippen LogP contribution is -2.06. The van der Waals surface area contributed by atoms with Crippen molar-refractivity contribution < 1.29 is 22.7 Å². The number of alkyl halides is 3. The van der Waals surface area contributed by atoms with Crippen LogP contribution in [-0.4, -0.2) is 5.11 Å². The van der Waals surface area contributed by atoms with Crippen molar-refractivity contribution >= 4 is 0 Å². The Labute approximate surface area is 113 Å². The molecule has 0 saturated carbocycles. The van der Waals surface area contributed by atoms with Gasteiger partial charge in [0, 0.05) is 0 Å². The second-order valence-corrected chi connectivity index (χ2v) is 4.53. The van der Waals surface area contributed by atoms with Gasteiger partial charge in [-0.05, 0) is 41.8 Å². The van der Waals surface area contributed by atoms with Gasteiger partial charge in [0.25, 0.3) is 0 Å². The maximum absolute atomic E-state index is 13.4. The van der Waals surface area contributed by atoms with E-state index in [0.717, 1.165) is 12.1 Å². The van der Waals surface area contributed by atoms with Crippen molar-refractivity contribution in [1.82, 2.24) is 0 Å². The normalized spacial score (nSPS) is 13.3. The minimum absolute atomic E-state index is 0.279. The van der Waals surface area contributed by atoms with Crippen molar-refractivity contribution in [3.05, 3.63) is 70.5 Å². The van der Waals surface area contributed by atoms with Crippen molar-refractivity contribution in [2.24, 2.45) is 0 Å². The Balaban J connectivity index is 2.29. The lowest BCUT2D eigenvalue weighted by Gasteiger charge is -2.13. The second-order valence-electron chi connectivity index (χ2n) is 4.53. The Morgan fingerprint density at radius 2 is 1.50 bits per heavy atom. The summed E-state index contributed by atoms with van der Waals surface area (Å²) in [7, 11) is 0. The van der Waals surface area contributed by atoms with Gasteiger partial charge in [-0.1, -0.05) is 24.3 Å². The van der Waals surface area contributed by atoms with Crippen molar-refractivity contribution in [3.63, 3.8) is 0 Å².